The predicted octanol–water partition coefficient (Wildman–Crippen LogP) is 4.71. The Morgan fingerprint density at radius 2 is 2.03 bits per heavy atom. The number of para-hydroxylation sites is 1. The molecule has 0 spiro atoms. The standard InChI is InChI=1S/C23H29N5O4/c1-5-32-21(29)16-8-6-7-9-17(16)26-19-18(28(30)31)20(25-14-24-19)27-13-23(4)11-15(27)10-22(2,3)12-23/h6-9,14-15H,5,10-13H2,1-4H3,(H,24,25,26). The number of benzene rings is 1. The van der Waals surface area contributed by atoms with Gasteiger partial charge in [-0.1, -0.05) is 32.9 Å². The molecular formula is C23H29N5O4. The first-order valence-corrected chi connectivity index (χ1v) is 10.9. The Balaban J connectivity index is 1.73. The molecule has 2 aromatic rings. The Labute approximate surface area is 187 Å². The van der Waals surface area contributed by atoms with Gasteiger partial charge in [0, 0.05) is 12.6 Å². The van der Waals surface area contributed by atoms with E-state index in [-0.39, 0.29) is 40.5 Å². The lowest BCUT2D eigenvalue weighted by molar-refractivity contribution is -0.383. The number of nitrogens with one attached hydrogen (secondary N) is 1. The van der Waals surface area contributed by atoms with Gasteiger partial charge in [0.15, 0.2) is 0 Å². The van der Waals surface area contributed by atoms with E-state index in [0.717, 1.165) is 25.8 Å². The van der Waals surface area contributed by atoms with Crippen LogP contribution in [0.2, 0.25) is 0 Å². The number of aromatic nitrogens is 2. The summed E-state index contributed by atoms with van der Waals surface area (Å²) < 4.78 is 5.11. The van der Waals surface area contributed by atoms with Gasteiger partial charge in [0.2, 0.25) is 11.6 Å². The average Bonchev–Trinajstić information content (AvgIpc) is 2.96. The number of hydrogen-bond donors (Lipinski definition) is 1. The monoisotopic (exact) mass is 439 g/mol. The van der Waals surface area contributed by atoms with Gasteiger partial charge in [-0.2, -0.15) is 0 Å². The molecule has 32 heavy (non-hydrogen) atoms. The second-order valence-corrected chi connectivity index (χ2v) is 9.88. The molecule has 1 aliphatic heterocycles. The lowest BCUT2D eigenvalue weighted by Crippen LogP contribution is -2.35. The largest absolute Gasteiger partial charge is 0.462 e. The van der Waals surface area contributed by atoms with Gasteiger partial charge in [-0.3, -0.25) is 10.1 Å². The minimum atomic E-state index is -0.504. The Morgan fingerprint density at radius 3 is 2.75 bits per heavy atom. The van der Waals surface area contributed by atoms with Gasteiger partial charge < -0.3 is 15.0 Å². The zero-order valence-electron chi connectivity index (χ0n) is 18.9. The van der Waals surface area contributed by atoms with Gasteiger partial charge >= 0.3 is 11.7 Å². The van der Waals surface area contributed by atoms with Crippen molar-refractivity contribution in [1.82, 2.24) is 9.97 Å². The molecule has 0 radical (unpaired) electrons. The average molecular weight is 440 g/mol. The highest BCUT2D eigenvalue weighted by Crippen LogP contribution is 2.54. The first-order chi connectivity index (χ1) is 15.1. The van der Waals surface area contributed by atoms with E-state index < -0.39 is 10.9 Å². The van der Waals surface area contributed by atoms with Crippen LogP contribution in [0.3, 0.4) is 0 Å². The number of fused-ring (bicyclic) bond motifs is 2. The molecule has 1 N–H and O–H groups in total. The van der Waals surface area contributed by atoms with Crippen molar-refractivity contribution in [2.24, 2.45) is 10.8 Å². The summed E-state index contributed by atoms with van der Waals surface area (Å²) in [5.41, 5.74) is 0.769. The lowest BCUT2D eigenvalue weighted by Gasteiger charge is -2.39. The summed E-state index contributed by atoms with van der Waals surface area (Å²) >= 11 is 0. The number of rotatable bonds is 6. The van der Waals surface area contributed by atoms with E-state index >= 15 is 0 Å². The summed E-state index contributed by atoms with van der Waals surface area (Å²) in [5, 5.41) is 15.2. The van der Waals surface area contributed by atoms with Gasteiger partial charge in [0.25, 0.3) is 0 Å². The summed E-state index contributed by atoms with van der Waals surface area (Å²) in [6.45, 7) is 9.45. The van der Waals surface area contributed by atoms with Gasteiger partial charge in [-0.05, 0) is 49.1 Å². The zero-order valence-corrected chi connectivity index (χ0v) is 18.9. The van der Waals surface area contributed by atoms with Crippen LogP contribution >= 0.6 is 0 Å². The quantitative estimate of drug-likeness (QED) is 0.391. The Bertz CT molecular complexity index is 1060. The summed E-state index contributed by atoms with van der Waals surface area (Å²) in [4.78, 5) is 34.7. The van der Waals surface area contributed by atoms with Crippen molar-refractivity contribution in [3.05, 3.63) is 46.3 Å². The number of anilines is 3. The van der Waals surface area contributed by atoms with Crippen LogP contribution < -0.4 is 10.2 Å². The summed E-state index contributed by atoms with van der Waals surface area (Å²) in [7, 11) is 0. The molecule has 1 aromatic carbocycles. The Morgan fingerprint density at radius 1 is 1.28 bits per heavy atom. The van der Waals surface area contributed by atoms with E-state index in [1.165, 1.54) is 6.33 Å². The fourth-order valence-electron chi connectivity index (χ4n) is 5.65. The maximum absolute atomic E-state index is 12.3. The van der Waals surface area contributed by atoms with Crippen molar-refractivity contribution in [3.8, 4) is 0 Å². The van der Waals surface area contributed by atoms with E-state index in [1.54, 1.807) is 31.2 Å². The summed E-state index contributed by atoms with van der Waals surface area (Å²) in [5.74, 6) is -0.119. The lowest BCUT2D eigenvalue weighted by atomic mass is 9.65. The van der Waals surface area contributed by atoms with Crippen molar-refractivity contribution in [2.75, 3.05) is 23.4 Å². The smallest absolute Gasteiger partial charge is 0.353 e. The van der Waals surface area contributed by atoms with Gasteiger partial charge in [-0.15, -0.1) is 0 Å². The van der Waals surface area contributed by atoms with E-state index in [0.29, 0.717) is 11.5 Å². The number of nitrogens with zero attached hydrogens (tertiary/aromatic N) is 4. The van der Waals surface area contributed by atoms with Crippen LogP contribution in [0.4, 0.5) is 23.0 Å². The molecule has 1 aromatic heterocycles. The number of hydrogen-bond acceptors (Lipinski definition) is 8. The van der Waals surface area contributed by atoms with Crippen LogP contribution in [0.5, 0.6) is 0 Å². The third-order valence-electron chi connectivity index (χ3n) is 6.35. The molecule has 2 heterocycles. The zero-order chi connectivity index (χ0) is 23.1. The van der Waals surface area contributed by atoms with Crippen molar-refractivity contribution in [1.29, 1.82) is 0 Å². The van der Waals surface area contributed by atoms with Crippen molar-refractivity contribution < 1.29 is 14.5 Å². The second kappa shape index (κ2) is 8.03. The first-order valence-electron chi connectivity index (χ1n) is 10.9. The van der Waals surface area contributed by atoms with Crippen LogP contribution in [0, 0.1) is 20.9 Å². The molecule has 170 valence electrons. The molecule has 2 unspecified atom stereocenters. The number of ether oxygens (including phenoxy) is 1. The molecule has 9 heteroatoms. The molecule has 1 saturated heterocycles. The molecule has 2 fully saturated rings. The number of nitro groups is 1. The van der Waals surface area contributed by atoms with Crippen LogP contribution in [0.25, 0.3) is 0 Å². The Kier molecular flexibility index (Phi) is 5.52. The molecule has 9 nitrogen and oxygen atoms in total. The van der Waals surface area contributed by atoms with Crippen LogP contribution in [0.15, 0.2) is 30.6 Å². The minimum Gasteiger partial charge on any atom is -0.462 e. The highest BCUT2D eigenvalue weighted by atomic mass is 16.6. The Hall–Kier alpha value is -3.23. The van der Waals surface area contributed by atoms with Gasteiger partial charge in [0.1, 0.15) is 6.33 Å². The highest BCUT2D eigenvalue weighted by Gasteiger charge is 2.51. The summed E-state index contributed by atoms with van der Waals surface area (Å²) in [6, 6.07) is 6.93. The van der Waals surface area contributed by atoms with Crippen LogP contribution in [0.1, 0.15) is 57.3 Å². The van der Waals surface area contributed by atoms with Crippen LogP contribution in [-0.4, -0.2) is 40.1 Å². The van der Waals surface area contributed by atoms with Gasteiger partial charge in [0.05, 0.1) is 22.8 Å². The molecule has 2 atom stereocenters. The highest BCUT2D eigenvalue weighted by molar-refractivity contribution is 5.97. The van der Waals surface area contributed by atoms with E-state index in [4.69, 9.17) is 4.74 Å². The molecule has 2 aliphatic rings. The normalized spacial score (nSPS) is 23.6. The molecule has 2 bridgehead atoms. The minimum absolute atomic E-state index is 0.0580. The fraction of sp³-hybridized carbons (Fsp3) is 0.522. The van der Waals surface area contributed by atoms with Crippen molar-refractivity contribution in [2.45, 2.75) is 53.0 Å². The van der Waals surface area contributed by atoms with E-state index in [2.05, 4.69) is 41.0 Å². The second-order valence-electron chi connectivity index (χ2n) is 9.88. The SMILES string of the molecule is CCOC(=O)c1ccccc1Nc1ncnc(N2CC3(C)CC2CC(C)(C)C3)c1[N+](=O)[O-]. The van der Waals surface area contributed by atoms with Crippen molar-refractivity contribution >= 4 is 29.0 Å². The summed E-state index contributed by atoms with van der Waals surface area (Å²) in [6.07, 6.45) is 4.36. The maximum Gasteiger partial charge on any atom is 0.353 e. The molecule has 4 rings (SSSR count). The van der Waals surface area contributed by atoms with Crippen LogP contribution in [-0.2, 0) is 4.74 Å². The number of carbonyl (C=O) groups is 1. The van der Waals surface area contributed by atoms with Gasteiger partial charge in [-0.25, -0.2) is 14.8 Å². The number of carbonyl (C=O) groups excluding carboxylic acids is 1. The third kappa shape index (κ3) is 4.11. The number of esters is 1. The first kappa shape index (κ1) is 22.0. The molecule has 1 saturated carbocycles. The fourth-order valence-corrected chi connectivity index (χ4v) is 5.65. The van der Waals surface area contributed by atoms with E-state index in [1.807, 2.05) is 0 Å². The van der Waals surface area contributed by atoms with E-state index in [9.17, 15) is 14.9 Å². The molecular weight excluding hydrogens is 410 g/mol. The molecule has 1 aliphatic carbocycles. The topological polar surface area (TPSA) is 110 Å². The maximum atomic E-state index is 12.3. The predicted molar refractivity (Wildman–Crippen MR) is 121 cm³/mol. The van der Waals surface area contributed by atoms with Crippen molar-refractivity contribution in [3.63, 3.8) is 0 Å². The molecule has 0 amide bonds. The third-order valence-corrected chi connectivity index (χ3v) is 6.35.